The zero-order valence-electron chi connectivity index (χ0n) is 6.04. The fourth-order valence-electron chi connectivity index (χ4n) is 0.820. The summed E-state index contributed by atoms with van der Waals surface area (Å²) in [5.74, 6) is 5.26. The van der Waals surface area contributed by atoms with Crippen molar-refractivity contribution in [2.75, 3.05) is 0 Å². The number of rotatable bonds is 3. The number of aromatic hydroxyl groups is 1. The van der Waals surface area contributed by atoms with Crippen LogP contribution >= 0.6 is 0 Å². The lowest BCUT2D eigenvalue weighted by molar-refractivity contribution is 0.473. The number of benzene rings is 1. The van der Waals surface area contributed by atoms with Crippen LogP contribution in [0, 0.1) is 0 Å². The molecule has 0 aliphatic heterocycles. The quantitative estimate of drug-likeness (QED) is 0.360. The predicted octanol–water partition coefficient (Wildman–Crippen LogP) is -0.140. The van der Waals surface area contributed by atoms with Crippen LogP contribution in [0.2, 0.25) is 0 Å². The molecule has 0 atom stereocenters. The van der Waals surface area contributed by atoms with Gasteiger partial charge in [-0.15, -0.1) is 0 Å². The van der Waals surface area contributed by atoms with Gasteiger partial charge < -0.3 is 5.11 Å². The van der Waals surface area contributed by atoms with Gasteiger partial charge in [0.1, 0.15) is 5.75 Å². The molecule has 0 saturated heterocycles. The maximum absolute atomic E-state index is 9.03. The molecule has 1 aromatic rings. The highest BCUT2D eigenvalue weighted by atomic mass is 16.3. The van der Waals surface area contributed by atoms with Gasteiger partial charge in [0.15, 0.2) is 0 Å². The van der Waals surface area contributed by atoms with E-state index >= 15 is 0 Å². The second-order valence-electron chi connectivity index (χ2n) is 2.17. The molecule has 0 aliphatic carbocycles. The van der Waals surface area contributed by atoms with E-state index in [1.807, 2.05) is 6.07 Å². The molecule has 0 unspecified atom stereocenters. The molecule has 0 heterocycles. The van der Waals surface area contributed by atoms with Gasteiger partial charge in [-0.2, -0.15) is 5.53 Å². The summed E-state index contributed by atoms with van der Waals surface area (Å²) in [7, 11) is 0. The summed E-state index contributed by atoms with van der Waals surface area (Å²) in [5.41, 5.74) is 5.99. The molecule has 5 N–H and O–H groups in total. The minimum atomic E-state index is 0.265. The Morgan fingerprint density at radius 1 is 1.45 bits per heavy atom. The number of hydrazine groups is 2. The normalized spacial score (nSPS) is 9.91. The van der Waals surface area contributed by atoms with Crippen LogP contribution in [0.3, 0.4) is 0 Å². The summed E-state index contributed by atoms with van der Waals surface area (Å²) in [6, 6.07) is 6.97. The molecule has 0 radical (unpaired) electrons. The summed E-state index contributed by atoms with van der Waals surface area (Å²) >= 11 is 0. The molecule has 0 bridgehead atoms. The summed E-state index contributed by atoms with van der Waals surface area (Å²) in [5, 5.41) is 9.03. The molecule has 0 fully saturated rings. The highest BCUT2D eigenvalue weighted by Crippen LogP contribution is 2.09. The van der Waals surface area contributed by atoms with Crippen LogP contribution in [0.1, 0.15) is 5.56 Å². The Morgan fingerprint density at radius 2 is 2.27 bits per heavy atom. The average molecular weight is 153 g/mol. The van der Waals surface area contributed by atoms with Crippen molar-refractivity contribution in [2.24, 2.45) is 5.84 Å². The van der Waals surface area contributed by atoms with Crippen LogP contribution in [0.25, 0.3) is 0 Å². The van der Waals surface area contributed by atoms with Crippen molar-refractivity contribution < 1.29 is 5.11 Å². The first-order valence-corrected chi connectivity index (χ1v) is 3.29. The second-order valence-corrected chi connectivity index (χ2v) is 2.17. The monoisotopic (exact) mass is 153 g/mol. The maximum Gasteiger partial charge on any atom is 0.115 e. The Kier molecular flexibility index (Phi) is 2.85. The molecule has 0 spiro atoms. The Morgan fingerprint density at radius 3 is 2.91 bits per heavy atom. The fraction of sp³-hybridized carbons (Fsp3) is 0.143. The molecule has 0 aliphatic rings. The van der Waals surface area contributed by atoms with Crippen LogP contribution in [-0.2, 0) is 6.54 Å². The third kappa shape index (κ3) is 2.55. The van der Waals surface area contributed by atoms with Crippen molar-refractivity contribution in [3.05, 3.63) is 29.8 Å². The van der Waals surface area contributed by atoms with Gasteiger partial charge in [-0.3, -0.25) is 5.84 Å². The molecule has 0 saturated carbocycles. The lowest BCUT2D eigenvalue weighted by Crippen LogP contribution is -2.36. The van der Waals surface area contributed by atoms with Gasteiger partial charge in [-0.05, 0) is 17.7 Å². The third-order valence-electron chi connectivity index (χ3n) is 1.31. The molecule has 4 nitrogen and oxygen atoms in total. The van der Waals surface area contributed by atoms with Crippen LogP contribution in [0.15, 0.2) is 24.3 Å². The molecule has 0 amide bonds. The van der Waals surface area contributed by atoms with E-state index in [0.717, 1.165) is 5.56 Å². The van der Waals surface area contributed by atoms with Crippen molar-refractivity contribution in [2.45, 2.75) is 6.54 Å². The summed E-state index contributed by atoms with van der Waals surface area (Å²) < 4.78 is 0. The van der Waals surface area contributed by atoms with Gasteiger partial charge in [-0.25, -0.2) is 5.43 Å². The number of hydrogen-bond donors (Lipinski definition) is 4. The van der Waals surface area contributed by atoms with Crippen molar-refractivity contribution >= 4 is 0 Å². The lowest BCUT2D eigenvalue weighted by Gasteiger charge is -2.01. The zero-order chi connectivity index (χ0) is 8.10. The standard InChI is InChI=1S/C7H11N3O/c8-10-9-5-6-2-1-3-7(11)4-6/h1-4,9-11H,5,8H2. The SMILES string of the molecule is NNNCc1cccc(O)c1. The Balaban J connectivity index is 2.56. The number of phenols is 1. The van der Waals surface area contributed by atoms with Crippen molar-refractivity contribution in [1.29, 1.82) is 0 Å². The van der Waals surface area contributed by atoms with Crippen LogP contribution in [0.5, 0.6) is 5.75 Å². The number of nitrogens with two attached hydrogens (primary N) is 1. The lowest BCUT2D eigenvalue weighted by atomic mass is 10.2. The Labute approximate surface area is 65.0 Å². The molecule has 1 aromatic carbocycles. The number of nitrogens with one attached hydrogen (secondary N) is 2. The van der Waals surface area contributed by atoms with Crippen molar-refractivity contribution in [3.63, 3.8) is 0 Å². The van der Waals surface area contributed by atoms with Crippen LogP contribution in [-0.4, -0.2) is 5.11 Å². The van der Waals surface area contributed by atoms with E-state index in [1.165, 1.54) is 0 Å². The molecular weight excluding hydrogens is 142 g/mol. The van der Waals surface area contributed by atoms with Gasteiger partial charge >= 0.3 is 0 Å². The predicted molar refractivity (Wildman–Crippen MR) is 42.3 cm³/mol. The smallest absolute Gasteiger partial charge is 0.115 e. The number of hydrogen-bond acceptors (Lipinski definition) is 4. The highest BCUT2D eigenvalue weighted by Gasteiger charge is 1.91. The molecular formula is C7H11N3O. The van der Waals surface area contributed by atoms with Crippen LogP contribution in [0.4, 0.5) is 0 Å². The van der Waals surface area contributed by atoms with E-state index < -0.39 is 0 Å². The molecule has 4 heteroatoms. The zero-order valence-corrected chi connectivity index (χ0v) is 6.04. The minimum absolute atomic E-state index is 0.265. The second kappa shape index (κ2) is 3.92. The molecule has 1 rings (SSSR count). The Hall–Kier alpha value is -1.10. The largest absolute Gasteiger partial charge is 0.508 e. The molecule has 11 heavy (non-hydrogen) atoms. The fourth-order valence-corrected chi connectivity index (χ4v) is 0.820. The topological polar surface area (TPSA) is 70.3 Å². The van der Waals surface area contributed by atoms with Crippen molar-refractivity contribution in [3.8, 4) is 5.75 Å². The first kappa shape index (κ1) is 8.00. The van der Waals surface area contributed by atoms with Crippen molar-refractivity contribution in [1.82, 2.24) is 11.0 Å². The van der Waals surface area contributed by atoms with Gasteiger partial charge in [0.05, 0.1) is 0 Å². The van der Waals surface area contributed by atoms with E-state index in [0.29, 0.717) is 6.54 Å². The first-order valence-electron chi connectivity index (χ1n) is 3.29. The summed E-state index contributed by atoms with van der Waals surface area (Å²) in [4.78, 5) is 0. The average Bonchev–Trinajstić information content (AvgIpc) is 2.01. The summed E-state index contributed by atoms with van der Waals surface area (Å²) in [6.45, 7) is 0.588. The van der Waals surface area contributed by atoms with Gasteiger partial charge in [0, 0.05) is 6.54 Å². The van der Waals surface area contributed by atoms with Gasteiger partial charge in [-0.1, -0.05) is 12.1 Å². The minimum Gasteiger partial charge on any atom is -0.508 e. The van der Waals surface area contributed by atoms with E-state index in [-0.39, 0.29) is 5.75 Å². The molecule has 60 valence electrons. The molecule has 0 aromatic heterocycles. The van der Waals surface area contributed by atoms with E-state index in [9.17, 15) is 0 Å². The van der Waals surface area contributed by atoms with Gasteiger partial charge in [0.25, 0.3) is 0 Å². The van der Waals surface area contributed by atoms with Gasteiger partial charge in [0.2, 0.25) is 0 Å². The summed E-state index contributed by atoms with van der Waals surface area (Å²) in [6.07, 6.45) is 0. The highest BCUT2D eigenvalue weighted by molar-refractivity contribution is 5.26. The first-order chi connectivity index (χ1) is 5.33. The van der Waals surface area contributed by atoms with Crippen LogP contribution < -0.4 is 16.8 Å². The van der Waals surface area contributed by atoms with E-state index in [4.69, 9.17) is 10.9 Å². The Bertz CT molecular complexity index is 227. The number of phenolic OH excluding ortho intramolecular Hbond substituents is 1. The van der Waals surface area contributed by atoms with E-state index in [2.05, 4.69) is 11.0 Å². The maximum atomic E-state index is 9.03. The van der Waals surface area contributed by atoms with E-state index in [1.54, 1.807) is 18.2 Å². The third-order valence-corrected chi connectivity index (χ3v) is 1.31.